The molecule has 0 amide bonds. The van der Waals surface area contributed by atoms with Crippen LogP contribution in [0.3, 0.4) is 0 Å². The molecule has 0 unspecified atom stereocenters. The second kappa shape index (κ2) is 7.28. The lowest BCUT2D eigenvalue weighted by molar-refractivity contribution is -0.722. The van der Waals surface area contributed by atoms with E-state index in [0.717, 1.165) is 5.69 Å². The van der Waals surface area contributed by atoms with E-state index >= 15 is 0 Å². The zero-order valence-electron chi connectivity index (χ0n) is 14.2. The van der Waals surface area contributed by atoms with Crippen molar-refractivity contribution >= 4 is 14.2 Å². The van der Waals surface area contributed by atoms with E-state index in [-0.39, 0.29) is 0 Å². The summed E-state index contributed by atoms with van der Waals surface area (Å²) in [7, 11) is 0.506. The first-order chi connectivity index (χ1) is 12.1. The number of halogens is 2. The third-order valence-corrected chi connectivity index (χ3v) is 5.54. The summed E-state index contributed by atoms with van der Waals surface area (Å²) >= 11 is 0. The van der Waals surface area contributed by atoms with Crippen molar-refractivity contribution in [2.75, 3.05) is 19.0 Å². The summed E-state index contributed by atoms with van der Waals surface area (Å²) in [4.78, 5) is 1.95. The number of aromatic nitrogens is 1. The van der Waals surface area contributed by atoms with Gasteiger partial charge in [-0.15, -0.1) is 0 Å². The Bertz CT molecular complexity index is 767. The van der Waals surface area contributed by atoms with Crippen molar-refractivity contribution in [1.29, 1.82) is 0 Å². The molecule has 25 heavy (non-hydrogen) atoms. The number of anilines is 1. The summed E-state index contributed by atoms with van der Waals surface area (Å²) < 4.78 is 31.0. The third-order valence-electron chi connectivity index (χ3n) is 4.30. The molecule has 0 saturated carbocycles. The van der Waals surface area contributed by atoms with Crippen LogP contribution in [0.2, 0.25) is 0 Å². The molecule has 1 aromatic heterocycles. The van der Waals surface area contributed by atoms with Crippen LogP contribution in [0.15, 0.2) is 85.2 Å². The normalized spacial score (nSPS) is 11.6. The number of rotatable bonds is 5. The molecule has 3 aromatic rings. The van der Waals surface area contributed by atoms with Gasteiger partial charge < -0.3 is 4.90 Å². The molecule has 2 aromatic carbocycles. The van der Waals surface area contributed by atoms with Gasteiger partial charge in [0.2, 0.25) is 0 Å². The molecule has 128 valence electrons. The van der Waals surface area contributed by atoms with Crippen LogP contribution >= 0.6 is 8.54 Å². The maximum Gasteiger partial charge on any atom is 0.350 e. The molecule has 0 atom stereocenters. The Kier molecular flexibility index (Phi) is 5.10. The van der Waals surface area contributed by atoms with Gasteiger partial charge in [0.25, 0.3) is 5.28 Å². The van der Waals surface area contributed by atoms with E-state index in [1.807, 2.05) is 43.3 Å². The molecule has 0 aliphatic heterocycles. The van der Waals surface area contributed by atoms with Crippen molar-refractivity contribution < 1.29 is 13.0 Å². The average molecular weight is 357 g/mol. The fraction of sp³-hybridized carbons (Fsp3) is 0.150. The van der Waals surface area contributed by atoms with Gasteiger partial charge in [0.05, 0.1) is 0 Å². The van der Waals surface area contributed by atoms with E-state index in [1.54, 1.807) is 65.5 Å². The summed E-state index contributed by atoms with van der Waals surface area (Å²) in [6, 6.07) is 21.7. The Morgan fingerprint density at radius 2 is 1.20 bits per heavy atom. The largest absolute Gasteiger partial charge is 0.377 e. The zero-order chi connectivity index (χ0) is 17.9. The SMILES string of the molecule is CN(C)c1cc[n+](C(c2ccccc2)(c2ccccc2)P(F)F)cc1. The van der Waals surface area contributed by atoms with Crippen LogP contribution in [-0.4, -0.2) is 14.1 Å². The summed E-state index contributed by atoms with van der Waals surface area (Å²) in [5.74, 6) is 0. The first kappa shape index (κ1) is 17.5. The van der Waals surface area contributed by atoms with Gasteiger partial charge in [-0.2, -0.15) is 13.0 Å². The van der Waals surface area contributed by atoms with Crippen molar-refractivity contribution in [2.24, 2.45) is 0 Å². The van der Waals surface area contributed by atoms with Crippen LogP contribution in [-0.2, 0) is 5.28 Å². The first-order valence-electron chi connectivity index (χ1n) is 7.99. The lowest BCUT2D eigenvalue weighted by Crippen LogP contribution is -2.55. The molecule has 0 saturated heterocycles. The fourth-order valence-electron chi connectivity index (χ4n) is 3.02. The smallest absolute Gasteiger partial charge is 0.350 e. The molecule has 0 aliphatic carbocycles. The molecule has 2 nitrogen and oxygen atoms in total. The number of nitrogens with zero attached hydrogens (tertiary/aromatic N) is 2. The van der Waals surface area contributed by atoms with Crippen molar-refractivity contribution in [2.45, 2.75) is 5.28 Å². The highest BCUT2D eigenvalue weighted by molar-refractivity contribution is 7.47. The Labute approximate surface area is 148 Å². The molecule has 0 aliphatic rings. The fourth-order valence-corrected chi connectivity index (χ4v) is 4.02. The van der Waals surface area contributed by atoms with E-state index < -0.39 is 13.8 Å². The van der Waals surface area contributed by atoms with Gasteiger partial charge in [0.1, 0.15) is 0 Å². The molecule has 0 spiro atoms. The van der Waals surface area contributed by atoms with Crippen LogP contribution in [0.5, 0.6) is 0 Å². The standard InChI is InChI=1S/C20H20F2N2P/c1-23(2)19-13-15-24(16-14-19)20(25(21)22,17-9-5-3-6-10-17)18-11-7-4-8-12-18/h3-16H,1-2H3/q+1. The minimum atomic E-state index is -3.35. The maximum absolute atomic E-state index is 14.7. The van der Waals surface area contributed by atoms with Crippen LogP contribution in [0.25, 0.3) is 0 Å². The first-order valence-corrected chi connectivity index (χ1v) is 9.11. The van der Waals surface area contributed by atoms with Gasteiger partial charge in [-0.25, -0.2) is 0 Å². The Balaban J connectivity index is 2.28. The number of benzene rings is 2. The predicted octanol–water partition coefficient (Wildman–Crippen LogP) is 5.04. The highest BCUT2D eigenvalue weighted by atomic mass is 31.2. The molecule has 1 heterocycles. The average Bonchev–Trinajstić information content (AvgIpc) is 2.64. The topological polar surface area (TPSA) is 7.12 Å². The lowest BCUT2D eigenvalue weighted by atomic mass is 9.97. The van der Waals surface area contributed by atoms with Crippen LogP contribution in [0.4, 0.5) is 14.1 Å². The molecule has 0 radical (unpaired) electrons. The van der Waals surface area contributed by atoms with E-state index in [9.17, 15) is 8.39 Å². The second-order valence-electron chi connectivity index (χ2n) is 6.00. The van der Waals surface area contributed by atoms with Gasteiger partial charge in [-0.05, 0) is 0 Å². The Morgan fingerprint density at radius 3 is 1.56 bits per heavy atom. The van der Waals surface area contributed by atoms with Crippen LogP contribution in [0, 0.1) is 0 Å². The number of pyridine rings is 1. The van der Waals surface area contributed by atoms with Gasteiger partial charge in [-0.3, -0.25) is 0 Å². The summed E-state index contributed by atoms with van der Waals surface area (Å²) in [5.41, 5.74) is 2.13. The quantitative estimate of drug-likeness (QED) is 0.458. The van der Waals surface area contributed by atoms with Crippen LogP contribution in [0.1, 0.15) is 11.1 Å². The van der Waals surface area contributed by atoms with Gasteiger partial charge in [0, 0.05) is 43.0 Å². The Morgan fingerprint density at radius 1 is 0.760 bits per heavy atom. The van der Waals surface area contributed by atoms with Gasteiger partial charge in [-0.1, -0.05) is 60.7 Å². The van der Waals surface area contributed by atoms with Crippen molar-refractivity contribution in [3.8, 4) is 0 Å². The van der Waals surface area contributed by atoms with E-state index in [1.165, 1.54) is 0 Å². The highest BCUT2D eigenvalue weighted by Gasteiger charge is 2.54. The lowest BCUT2D eigenvalue weighted by Gasteiger charge is -2.28. The minimum absolute atomic E-state index is 0.583. The summed E-state index contributed by atoms with van der Waals surface area (Å²) in [6.45, 7) is 0. The zero-order valence-corrected chi connectivity index (χ0v) is 15.1. The molecule has 0 bridgehead atoms. The third kappa shape index (κ3) is 3.14. The van der Waals surface area contributed by atoms with E-state index in [2.05, 4.69) is 0 Å². The Hall–Kier alpha value is -2.32. The summed E-state index contributed by atoms with van der Waals surface area (Å²) in [5, 5.41) is -1.51. The molecular formula is C20H20F2N2P+. The van der Waals surface area contributed by atoms with Crippen LogP contribution < -0.4 is 9.47 Å². The number of hydrogen-bond acceptors (Lipinski definition) is 1. The maximum atomic E-state index is 14.7. The predicted molar refractivity (Wildman–Crippen MR) is 99.2 cm³/mol. The molecule has 0 N–H and O–H groups in total. The van der Waals surface area contributed by atoms with Gasteiger partial charge in [0.15, 0.2) is 12.4 Å². The molecule has 5 heteroatoms. The molecule has 3 rings (SSSR count). The van der Waals surface area contributed by atoms with Crippen molar-refractivity contribution in [3.05, 3.63) is 96.3 Å². The van der Waals surface area contributed by atoms with Gasteiger partial charge >= 0.3 is 8.54 Å². The van der Waals surface area contributed by atoms with E-state index in [0.29, 0.717) is 11.1 Å². The number of hydrogen-bond donors (Lipinski definition) is 0. The van der Waals surface area contributed by atoms with Crippen molar-refractivity contribution in [3.63, 3.8) is 0 Å². The minimum Gasteiger partial charge on any atom is -0.377 e. The monoisotopic (exact) mass is 357 g/mol. The second-order valence-corrected chi connectivity index (χ2v) is 7.11. The highest BCUT2D eigenvalue weighted by Crippen LogP contribution is 2.59. The molecular weight excluding hydrogens is 337 g/mol. The van der Waals surface area contributed by atoms with Crippen molar-refractivity contribution in [1.82, 2.24) is 0 Å². The molecule has 0 fully saturated rings. The summed E-state index contributed by atoms with van der Waals surface area (Å²) in [6.07, 6.45) is 3.48. The van der Waals surface area contributed by atoms with E-state index in [4.69, 9.17) is 0 Å².